The Morgan fingerprint density at radius 1 is 1.43 bits per heavy atom. The molecule has 21 heavy (non-hydrogen) atoms. The number of halogens is 1. The lowest BCUT2D eigenvalue weighted by atomic mass is 10.0. The van der Waals surface area contributed by atoms with Crippen LogP contribution in [0.1, 0.15) is 30.6 Å². The summed E-state index contributed by atoms with van der Waals surface area (Å²) in [5, 5.41) is 10.7. The number of rotatable bonds is 6. The second kappa shape index (κ2) is 7.12. The molecule has 0 radical (unpaired) electrons. The Hall–Kier alpha value is -2.02. The SMILES string of the molecule is CC(C)C(N)CCN(C)C(=O)c1cc(F)cc([N+](=O)[O-])c1. The Labute approximate surface area is 122 Å². The van der Waals surface area contributed by atoms with Crippen molar-refractivity contribution < 1.29 is 14.1 Å². The standard InChI is InChI=1S/C14H20FN3O3/c1-9(2)13(16)4-5-17(3)14(19)10-6-11(15)8-12(7-10)18(20)21/h6-9,13H,4-5,16H2,1-3H3. The first-order valence-corrected chi connectivity index (χ1v) is 6.68. The Morgan fingerprint density at radius 2 is 2.05 bits per heavy atom. The molecule has 1 rings (SSSR count). The van der Waals surface area contributed by atoms with Gasteiger partial charge in [-0.25, -0.2) is 4.39 Å². The van der Waals surface area contributed by atoms with Gasteiger partial charge in [-0.2, -0.15) is 0 Å². The van der Waals surface area contributed by atoms with Gasteiger partial charge in [0.05, 0.1) is 11.0 Å². The van der Waals surface area contributed by atoms with E-state index in [0.29, 0.717) is 18.9 Å². The van der Waals surface area contributed by atoms with Gasteiger partial charge in [0.25, 0.3) is 11.6 Å². The van der Waals surface area contributed by atoms with Gasteiger partial charge in [-0.05, 0) is 18.4 Å². The van der Waals surface area contributed by atoms with Crippen molar-refractivity contribution in [3.8, 4) is 0 Å². The summed E-state index contributed by atoms with van der Waals surface area (Å²) >= 11 is 0. The van der Waals surface area contributed by atoms with Crippen LogP contribution >= 0.6 is 0 Å². The summed E-state index contributed by atoms with van der Waals surface area (Å²) < 4.78 is 13.3. The molecule has 1 amide bonds. The van der Waals surface area contributed by atoms with Crippen LogP contribution in [0.4, 0.5) is 10.1 Å². The highest BCUT2D eigenvalue weighted by atomic mass is 19.1. The molecule has 0 aliphatic carbocycles. The van der Waals surface area contributed by atoms with Crippen LogP contribution in [-0.2, 0) is 0 Å². The molecule has 0 saturated carbocycles. The molecule has 0 aromatic heterocycles. The van der Waals surface area contributed by atoms with Gasteiger partial charge in [-0.3, -0.25) is 14.9 Å². The molecule has 6 nitrogen and oxygen atoms in total. The predicted molar refractivity (Wildman–Crippen MR) is 77.4 cm³/mol. The van der Waals surface area contributed by atoms with Crippen molar-refractivity contribution >= 4 is 11.6 Å². The summed E-state index contributed by atoms with van der Waals surface area (Å²) in [4.78, 5) is 23.5. The maximum Gasteiger partial charge on any atom is 0.273 e. The van der Waals surface area contributed by atoms with Crippen molar-refractivity contribution in [3.05, 3.63) is 39.7 Å². The zero-order valence-electron chi connectivity index (χ0n) is 12.4. The largest absolute Gasteiger partial charge is 0.342 e. The van der Waals surface area contributed by atoms with E-state index >= 15 is 0 Å². The molecule has 1 unspecified atom stereocenters. The molecule has 0 aliphatic rings. The van der Waals surface area contributed by atoms with Crippen molar-refractivity contribution in [2.24, 2.45) is 11.7 Å². The topological polar surface area (TPSA) is 89.5 Å². The lowest BCUT2D eigenvalue weighted by molar-refractivity contribution is -0.385. The van der Waals surface area contributed by atoms with Crippen LogP contribution in [0.3, 0.4) is 0 Å². The summed E-state index contributed by atoms with van der Waals surface area (Å²) in [5.41, 5.74) is 5.43. The first kappa shape index (κ1) is 17.0. The number of carbonyl (C=O) groups excluding carboxylic acids is 1. The van der Waals surface area contributed by atoms with E-state index in [2.05, 4.69) is 0 Å². The summed E-state index contributed by atoms with van der Waals surface area (Å²) in [6.45, 7) is 4.38. The van der Waals surface area contributed by atoms with Crippen molar-refractivity contribution in [2.45, 2.75) is 26.3 Å². The summed E-state index contributed by atoms with van der Waals surface area (Å²) in [6, 6.07) is 2.81. The van der Waals surface area contributed by atoms with Gasteiger partial charge >= 0.3 is 0 Å². The highest BCUT2D eigenvalue weighted by Crippen LogP contribution is 2.17. The van der Waals surface area contributed by atoms with E-state index < -0.39 is 22.3 Å². The van der Waals surface area contributed by atoms with Crippen LogP contribution in [0.2, 0.25) is 0 Å². The molecule has 0 saturated heterocycles. The first-order chi connectivity index (χ1) is 9.72. The number of hydrogen-bond donors (Lipinski definition) is 1. The van der Waals surface area contributed by atoms with Crippen LogP contribution in [0, 0.1) is 21.8 Å². The van der Waals surface area contributed by atoms with E-state index in [1.54, 1.807) is 7.05 Å². The number of non-ortho nitro benzene ring substituents is 1. The minimum absolute atomic E-state index is 0.0395. The van der Waals surface area contributed by atoms with E-state index in [9.17, 15) is 19.3 Å². The Kier molecular flexibility index (Phi) is 5.78. The zero-order valence-corrected chi connectivity index (χ0v) is 12.4. The minimum atomic E-state index is -0.806. The number of nitro groups is 1. The molecule has 7 heteroatoms. The normalized spacial score (nSPS) is 12.3. The number of nitrogens with two attached hydrogens (primary N) is 1. The fraction of sp³-hybridized carbons (Fsp3) is 0.500. The van der Waals surface area contributed by atoms with Crippen LogP contribution < -0.4 is 5.73 Å². The van der Waals surface area contributed by atoms with Crippen LogP contribution in [-0.4, -0.2) is 35.4 Å². The molecule has 0 heterocycles. The average molecular weight is 297 g/mol. The first-order valence-electron chi connectivity index (χ1n) is 6.68. The summed E-state index contributed by atoms with van der Waals surface area (Å²) in [6.07, 6.45) is 0.608. The van der Waals surface area contributed by atoms with Crippen molar-refractivity contribution in [1.82, 2.24) is 4.90 Å². The number of amides is 1. The Bertz CT molecular complexity index is 534. The lowest BCUT2D eigenvalue weighted by Gasteiger charge is -2.21. The Morgan fingerprint density at radius 3 is 2.57 bits per heavy atom. The summed E-state index contributed by atoms with van der Waals surface area (Å²) in [7, 11) is 1.56. The highest BCUT2D eigenvalue weighted by Gasteiger charge is 2.18. The minimum Gasteiger partial charge on any atom is -0.342 e. The molecule has 116 valence electrons. The van der Waals surface area contributed by atoms with Crippen LogP contribution in [0.25, 0.3) is 0 Å². The molecular weight excluding hydrogens is 277 g/mol. The van der Waals surface area contributed by atoms with E-state index in [0.717, 1.165) is 18.2 Å². The third-order valence-corrected chi connectivity index (χ3v) is 3.34. The average Bonchev–Trinajstić information content (AvgIpc) is 2.42. The summed E-state index contributed by atoms with van der Waals surface area (Å²) in [5.74, 6) is -0.975. The molecule has 2 N–H and O–H groups in total. The molecule has 0 aliphatic heterocycles. The van der Waals surface area contributed by atoms with E-state index in [1.807, 2.05) is 13.8 Å². The highest BCUT2D eigenvalue weighted by molar-refractivity contribution is 5.94. The molecule has 1 atom stereocenters. The zero-order chi connectivity index (χ0) is 16.2. The number of nitrogens with zero attached hydrogens (tertiary/aromatic N) is 2. The third kappa shape index (κ3) is 4.78. The van der Waals surface area contributed by atoms with E-state index in [-0.39, 0.29) is 11.6 Å². The molecule has 0 fully saturated rings. The maximum absolute atomic E-state index is 13.3. The van der Waals surface area contributed by atoms with Gasteiger partial charge in [0.15, 0.2) is 0 Å². The van der Waals surface area contributed by atoms with Crippen molar-refractivity contribution in [2.75, 3.05) is 13.6 Å². The second-order valence-electron chi connectivity index (χ2n) is 5.38. The smallest absolute Gasteiger partial charge is 0.273 e. The fourth-order valence-electron chi connectivity index (χ4n) is 1.80. The molecular formula is C14H20FN3O3. The molecule has 0 spiro atoms. The second-order valence-corrected chi connectivity index (χ2v) is 5.38. The molecule has 1 aromatic rings. The maximum atomic E-state index is 13.3. The van der Waals surface area contributed by atoms with Gasteiger partial charge in [-0.15, -0.1) is 0 Å². The van der Waals surface area contributed by atoms with E-state index in [4.69, 9.17) is 5.73 Å². The number of nitro benzene ring substituents is 1. The van der Waals surface area contributed by atoms with Gasteiger partial charge < -0.3 is 10.6 Å². The van der Waals surface area contributed by atoms with Gasteiger partial charge in [-0.1, -0.05) is 13.8 Å². The van der Waals surface area contributed by atoms with Crippen molar-refractivity contribution in [1.29, 1.82) is 0 Å². The number of carbonyl (C=O) groups is 1. The van der Waals surface area contributed by atoms with Crippen LogP contribution in [0.5, 0.6) is 0 Å². The monoisotopic (exact) mass is 297 g/mol. The Balaban J connectivity index is 2.81. The number of benzene rings is 1. The third-order valence-electron chi connectivity index (χ3n) is 3.34. The van der Waals surface area contributed by atoms with Gasteiger partial charge in [0.1, 0.15) is 5.82 Å². The van der Waals surface area contributed by atoms with Crippen LogP contribution in [0.15, 0.2) is 18.2 Å². The van der Waals surface area contributed by atoms with Crippen molar-refractivity contribution in [3.63, 3.8) is 0 Å². The van der Waals surface area contributed by atoms with E-state index in [1.165, 1.54) is 4.90 Å². The fourth-order valence-corrected chi connectivity index (χ4v) is 1.80. The van der Waals surface area contributed by atoms with Gasteiger partial charge in [0.2, 0.25) is 0 Å². The molecule has 1 aromatic carbocycles. The predicted octanol–water partition coefficient (Wildman–Crippen LogP) is 2.18. The lowest BCUT2D eigenvalue weighted by Crippen LogP contribution is -2.34. The molecule has 0 bridgehead atoms. The quantitative estimate of drug-likeness (QED) is 0.643. The van der Waals surface area contributed by atoms with Gasteiger partial charge in [0, 0.05) is 31.3 Å². The number of hydrogen-bond acceptors (Lipinski definition) is 4.